The van der Waals surface area contributed by atoms with Crippen molar-refractivity contribution in [3.05, 3.63) is 0 Å². The smallest absolute Gasteiger partial charge is 0.108 e. The lowest BCUT2D eigenvalue weighted by molar-refractivity contribution is 0.219. The molecule has 0 radical (unpaired) electrons. The van der Waals surface area contributed by atoms with Crippen molar-refractivity contribution in [2.24, 2.45) is 11.8 Å². The Balaban J connectivity index is 1.40. The van der Waals surface area contributed by atoms with E-state index in [1.165, 1.54) is 51.6 Å². The largest absolute Gasteiger partial charge is 0.300 e. The van der Waals surface area contributed by atoms with Crippen LogP contribution in [-0.2, 0) is 0 Å². The Morgan fingerprint density at radius 2 is 1.79 bits per heavy atom. The van der Waals surface area contributed by atoms with Crippen LogP contribution in [-0.4, -0.2) is 35.6 Å². The van der Waals surface area contributed by atoms with E-state index < -0.39 is 0 Å². The summed E-state index contributed by atoms with van der Waals surface area (Å²) in [6.07, 6.45) is 10.3. The van der Waals surface area contributed by atoms with E-state index >= 15 is 0 Å². The summed E-state index contributed by atoms with van der Waals surface area (Å²) in [5.41, 5.74) is -0.191. The predicted molar refractivity (Wildman–Crippen MR) is 74.5 cm³/mol. The monoisotopic (exact) mass is 259 g/mol. The Labute approximate surface area is 116 Å². The van der Waals surface area contributed by atoms with Gasteiger partial charge in [-0.2, -0.15) is 5.26 Å². The van der Waals surface area contributed by atoms with E-state index in [2.05, 4.69) is 16.3 Å². The second-order valence-corrected chi connectivity index (χ2v) is 7.41. The molecule has 0 amide bonds. The molecule has 19 heavy (non-hydrogen) atoms. The Morgan fingerprint density at radius 3 is 2.42 bits per heavy atom. The lowest BCUT2D eigenvalue weighted by atomic mass is 9.99. The fourth-order valence-corrected chi connectivity index (χ4v) is 4.78. The molecule has 0 bridgehead atoms. The molecule has 1 heterocycles. The van der Waals surface area contributed by atoms with Gasteiger partial charge >= 0.3 is 0 Å². The van der Waals surface area contributed by atoms with Crippen LogP contribution in [0.2, 0.25) is 0 Å². The molecule has 0 aromatic rings. The standard InChI is InChI=1S/C16H25N3/c17-11-16(18-14-4-5-14)7-6-15(8-16)19-9-12-2-1-3-13(12)10-19/h12-15,18H,1-10H2. The van der Waals surface area contributed by atoms with E-state index in [0.29, 0.717) is 12.1 Å². The molecule has 1 N–H and O–H groups in total. The topological polar surface area (TPSA) is 39.1 Å². The summed E-state index contributed by atoms with van der Waals surface area (Å²) in [7, 11) is 0. The SMILES string of the molecule is N#CC1(NC2CC2)CCC(N2CC3CCCC3C2)C1. The van der Waals surface area contributed by atoms with E-state index in [0.717, 1.165) is 24.7 Å². The molecule has 1 saturated heterocycles. The van der Waals surface area contributed by atoms with Crippen LogP contribution < -0.4 is 5.32 Å². The summed E-state index contributed by atoms with van der Waals surface area (Å²) in [5.74, 6) is 1.96. The van der Waals surface area contributed by atoms with Crippen molar-refractivity contribution in [3.63, 3.8) is 0 Å². The van der Waals surface area contributed by atoms with Crippen molar-refractivity contribution in [2.45, 2.75) is 69.0 Å². The Morgan fingerprint density at radius 1 is 1.05 bits per heavy atom. The van der Waals surface area contributed by atoms with Crippen LogP contribution in [0.5, 0.6) is 0 Å². The number of nitriles is 1. The summed E-state index contributed by atoms with van der Waals surface area (Å²) in [4.78, 5) is 2.72. The second kappa shape index (κ2) is 4.46. The normalized spacial score (nSPS) is 46.4. The van der Waals surface area contributed by atoms with Gasteiger partial charge in [0, 0.05) is 25.2 Å². The second-order valence-electron chi connectivity index (χ2n) is 7.41. The van der Waals surface area contributed by atoms with Gasteiger partial charge in [0.2, 0.25) is 0 Å². The van der Waals surface area contributed by atoms with Crippen LogP contribution in [0.25, 0.3) is 0 Å². The van der Waals surface area contributed by atoms with Crippen molar-refractivity contribution in [1.29, 1.82) is 5.26 Å². The van der Waals surface area contributed by atoms with Crippen molar-refractivity contribution in [3.8, 4) is 6.07 Å². The van der Waals surface area contributed by atoms with Crippen LogP contribution in [0, 0.1) is 23.2 Å². The number of rotatable bonds is 3. The maximum Gasteiger partial charge on any atom is 0.108 e. The Bertz CT molecular complexity index is 385. The lowest BCUT2D eigenvalue weighted by Crippen LogP contribution is -2.45. The van der Waals surface area contributed by atoms with Crippen LogP contribution >= 0.6 is 0 Å². The molecule has 0 aromatic carbocycles. The van der Waals surface area contributed by atoms with Gasteiger partial charge in [0.25, 0.3) is 0 Å². The minimum atomic E-state index is -0.191. The van der Waals surface area contributed by atoms with Gasteiger partial charge in [-0.1, -0.05) is 6.42 Å². The molecule has 3 heteroatoms. The summed E-state index contributed by atoms with van der Waals surface area (Å²) < 4.78 is 0. The predicted octanol–water partition coefficient (Wildman–Crippen LogP) is 2.29. The highest BCUT2D eigenvalue weighted by Crippen LogP contribution is 2.42. The van der Waals surface area contributed by atoms with Crippen LogP contribution in [0.3, 0.4) is 0 Å². The number of nitrogens with zero attached hydrogens (tertiary/aromatic N) is 2. The van der Waals surface area contributed by atoms with Crippen molar-refractivity contribution < 1.29 is 0 Å². The van der Waals surface area contributed by atoms with Crippen molar-refractivity contribution in [2.75, 3.05) is 13.1 Å². The minimum absolute atomic E-state index is 0.191. The molecule has 4 unspecified atom stereocenters. The van der Waals surface area contributed by atoms with Gasteiger partial charge in [0.15, 0.2) is 0 Å². The molecule has 4 rings (SSSR count). The summed E-state index contributed by atoms with van der Waals surface area (Å²) >= 11 is 0. The quantitative estimate of drug-likeness (QED) is 0.845. The lowest BCUT2D eigenvalue weighted by Gasteiger charge is -2.27. The number of fused-ring (bicyclic) bond motifs is 1. The first-order valence-electron chi connectivity index (χ1n) is 8.21. The number of hydrogen-bond donors (Lipinski definition) is 1. The summed E-state index contributed by atoms with van der Waals surface area (Å²) in [5, 5.41) is 13.2. The van der Waals surface area contributed by atoms with Crippen LogP contribution in [0.4, 0.5) is 0 Å². The van der Waals surface area contributed by atoms with Gasteiger partial charge in [0.1, 0.15) is 5.54 Å². The van der Waals surface area contributed by atoms with Gasteiger partial charge < -0.3 is 0 Å². The zero-order chi connectivity index (χ0) is 12.9. The fourth-order valence-electron chi connectivity index (χ4n) is 4.78. The average Bonchev–Trinajstić information content (AvgIpc) is 2.81. The van der Waals surface area contributed by atoms with E-state index in [1.807, 2.05) is 0 Å². The maximum atomic E-state index is 9.58. The molecule has 4 atom stereocenters. The Hall–Kier alpha value is -0.590. The highest BCUT2D eigenvalue weighted by atomic mass is 15.2. The fraction of sp³-hybridized carbons (Fsp3) is 0.938. The molecular weight excluding hydrogens is 234 g/mol. The molecule has 0 spiro atoms. The molecule has 4 fully saturated rings. The van der Waals surface area contributed by atoms with Gasteiger partial charge in [0.05, 0.1) is 6.07 Å². The zero-order valence-corrected chi connectivity index (χ0v) is 11.8. The molecule has 0 aromatic heterocycles. The van der Waals surface area contributed by atoms with E-state index in [9.17, 15) is 5.26 Å². The van der Waals surface area contributed by atoms with E-state index in [-0.39, 0.29) is 5.54 Å². The maximum absolute atomic E-state index is 9.58. The van der Waals surface area contributed by atoms with Crippen LogP contribution in [0.1, 0.15) is 51.4 Å². The minimum Gasteiger partial charge on any atom is -0.300 e. The number of nitrogens with one attached hydrogen (secondary N) is 1. The first-order chi connectivity index (χ1) is 9.28. The number of likely N-dealkylation sites (tertiary alicyclic amines) is 1. The third-order valence-electron chi connectivity index (χ3n) is 6.03. The third-order valence-corrected chi connectivity index (χ3v) is 6.03. The molecule has 104 valence electrons. The summed E-state index contributed by atoms with van der Waals surface area (Å²) in [6.45, 7) is 2.64. The molecule has 1 aliphatic heterocycles. The number of hydrogen-bond acceptors (Lipinski definition) is 3. The van der Waals surface area contributed by atoms with Gasteiger partial charge in [-0.15, -0.1) is 0 Å². The highest BCUT2D eigenvalue weighted by molar-refractivity contribution is 5.16. The van der Waals surface area contributed by atoms with Gasteiger partial charge in [-0.05, 0) is 56.8 Å². The highest BCUT2D eigenvalue weighted by Gasteiger charge is 2.47. The zero-order valence-electron chi connectivity index (χ0n) is 11.8. The van der Waals surface area contributed by atoms with E-state index in [4.69, 9.17) is 0 Å². The Kier molecular flexibility index (Phi) is 2.86. The molecule has 4 aliphatic rings. The first kappa shape index (κ1) is 12.2. The molecule has 3 nitrogen and oxygen atoms in total. The van der Waals surface area contributed by atoms with Gasteiger partial charge in [-0.3, -0.25) is 10.2 Å². The third kappa shape index (κ3) is 2.19. The summed E-state index contributed by atoms with van der Waals surface area (Å²) in [6, 6.07) is 3.94. The average molecular weight is 259 g/mol. The molecule has 3 aliphatic carbocycles. The van der Waals surface area contributed by atoms with Crippen molar-refractivity contribution in [1.82, 2.24) is 10.2 Å². The van der Waals surface area contributed by atoms with Gasteiger partial charge in [-0.25, -0.2) is 0 Å². The molecular formula is C16H25N3. The molecule has 3 saturated carbocycles. The van der Waals surface area contributed by atoms with Crippen molar-refractivity contribution >= 4 is 0 Å². The van der Waals surface area contributed by atoms with E-state index in [1.54, 1.807) is 0 Å². The first-order valence-corrected chi connectivity index (χ1v) is 8.21. The van der Waals surface area contributed by atoms with Crippen LogP contribution in [0.15, 0.2) is 0 Å².